The van der Waals surface area contributed by atoms with E-state index in [1.807, 2.05) is 13.0 Å². The zero-order valence-electron chi connectivity index (χ0n) is 12.9. The summed E-state index contributed by atoms with van der Waals surface area (Å²) in [5.41, 5.74) is 1.77. The largest absolute Gasteiger partial charge is 0.351 e. The number of carbonyl (C=O) groups excluding carboxylic acids is 1. The lowest BCUT2D eigenvalue weighted by atomic mass is 10.1. The Morgan fingerprint density at radius 2 is 1.91 bits per heavy atom. The highest BCUT2D eigenvalue weighted by Crippen LogP contribution is 2.63. The minimum absolute atomic E-state index is 0.0672. The van der Waals surface area contributed by atoms with Crippen LogP contribution in [0.5, 0.6) is 0 Å². The number of likely N-dealkylation sites (tertiary alicyclic amines) is 1. The van der Waals surface area contributed by atoms with Gasteiger partial charge < -0.3 is 5.32 Å². The minimum atomic E-state index is -0.908. The summed E-state index contributed by atoms with van der Waals surface area (Å²) in [6.07, 6.45) is 3.11. The summed E-state index contributed by atoms with van der Waals surface area (Å²) in [5.74, 6) is -0.0672. The first-order chi connectivity index (χ1) is 10.4. The lowest BCUT2D eigenvalue weighted by molar-refractivity contribution is -0.125. The Bertz CT molecular complexity index is 570. The molecule has 0 bridgehead atoms. The first-order valence-electron chi connectivity index (χ1n) is 7.87. The highest BCUT2D eigenvalue weighted by molar-refractivity contribution is 6.53. The zero-order chi connectivity index (χ0) is 15.8. The van der Waals surface area contributed by atoms with Crippen molar-refractivity contribution in [3.05, 3.63) is 35.4 Å². The molecular formula is C17H22Cl2N2O. The zero-order valence-corrected chi connectivity index (χ0v) is 14.4. The third-order valence-corrected chi connectivity index (χ3v) is 5.91. The van der Waals surface area contributed by atoms with Crippen molar-refractivity contribution >= 4 is 29.1 Å². The van der Waals surface area contributed by atoms with Gasteiger partial charge in [-0.1, -0.05) is 24.3 Å². The van der Waals surface area contributed by atoms with Crippen molar-refractivity contribution in [1.82, 2.24) is 10.2 Å². The molecule has 1 aromatic carbocycles. The lowest BCUT2D eigenvalue weighted by Crippen LogP contribution is -2.32. The predicted octanol–water partition coefficient (Wildman–Crippen LogP) is 3.48. The second-order valence-electron chi connectivity index (χ2n) is 6.70. The van der Waals surface area contributed by atoms with E-state index in [0.29, 0.717) is 13.0 Å². The number of hydrogen-bond acceptors (Lipinski definition) is 2. The summed E-state index contributed by atoms with van der Waals surface area (Å²) in [4.78, 5) is 14.7. The average molecular weight is 341 g/mol. The Hall–Kier alpha value is -0.770. The van der Waals surface area contributed by atoms with Crippen LogP contribution in [0.4, 0.5) is 0 Å². The average Bonchev–Trinajstić information content (AvgIpc) is 2.82. The van der Waals surface area contributed by atoms with E-state index < -0.39 is 9.75 Å². The van der Waals surface area contributed by atoms with Crippen molar-refractivity contribution in [3.8, 4) is 0 Å². The molecule has 1 heterocycles. The van der Waals surface area contributed by atoms with Gasteiger partial charge in [0.1, 0.15) is 4.33 Å². The van der Waals surface area contributed by atoms with Crippen molar-refractivity contribution in [2.24, 2.45) is 5.41 Å². The molecule has 3 rings (SSSR count). The lowest BCUT2D eigenvalue weighted by Gasteiger charge is -2.16. The fourth-order valence-electron chi connectivity index (χ4n) is 3.06. The molecule has 3 nitrogen and oxygen atoms in total. The van der Waals surface area contributed by atoms with Gasteiger partial charge in [-0.05, 0) is 50.4 Å². The summed E-state index contributed by atoms with van der Waals surface area (Å²) in [6.45, 7) is 5.70. The molecule has 0 spiro atoms. The fraction of sp³-hybridized carbons (Fsp3) is 0.588. The third-order valence-electron chi connectivity index (χ3n) is 4.81. The Morgan fingerprint density at radius 3 is 2.55 bits per heavy atom. The Morgan fingerprint density at radius 1 is 1.27 bits per heavy atom. The van der Waals surface area contributed by atoms with Gasteiger partial charge in [0.15, 0.2) is 0 Å². The van der Waals surface area contributed by atoms with E-state index in [1.165, 1.54) is 31.5 Å². The van der Waals surface area contributed by atoms with Crippen LogP contribution < -0.4 is 5.32 Å². The normalized spacial score (nSPS) is 26.9. The second-order valence-corrected chi connectivity index (χ2v) is 8.18. The smallest absolute Gasteiger partial charge is 0.229 e. The van der Waals surface area contributed by atoms with E-state index in [9.17, 15) is 4.79 Å². The Labute approximate surface area is 142 Å². The molecule has 2 fully saturated rings. The number of hydrogen-bond donors (Lipinski definition) is 1. The molecule has 2 aliphatic rings. The van der Waals surface area contributed by atoms with Crippen LogP contribution in [0.25, 0.3) is 0 Å². The van der Waals surface area contributed by atoms with E-state index in [0.717, 1.165) is 12.1 Å². The first-order valence-corrected chi connectivity index (χ1v) is 8.63. The second kappa shape index (κ2) is 6.03. The number of benzene rings is 1. The van der Waals surface area contributed by atoms with Crippen LogP contribution in [0.1, 0.15) is 37.3 Å². The van der Waals surface area contributed by atoms with Crippen LogP contribution in [-0.4, -0.2) is 28.2 Å². The maximum atomic E-state index is 12.2. The van der Waals surface area contributed by atoms with Gasteiger partial charge in [0.25, 0.3) is 0 Å². The molecule has 1 aliphatic carbocycles. The summed E-state index contributed by atoms with van der Waals surface area (Å²) < 4.78 is -0.908. The standard InChI is InChI=1S/C17H22Cl2N2O/c1-16(12-17(16,18)19)15(22)20-10-13-5-4-6-14(9-13)11-21-7-2-3-8-21/h4-6,9H,2-3,7-8,10-12H2,1H3,(H,20,22)/t16-/m0/s1. The van der Waals surface area contributed by atoms with Crippen LogP contribution in [-0.2, 0) is 17.9 Å². The van der Waals surface area contributed by atoms with Crippen LogP contribution in [0.3, 0.4) is 0 Å². The maximum Gasteiger partial charge on any atom is 0.229 e. The number of amides is 1. The number of carbonyl (C=O) groups is 1. The molecule has 1 saturated carbocycles. The molecule has 22 heavy (non-hydrogen) atoms. The molecule has 0 unspecified atom stereocenters. The van der Waals surface area contributed by atoms with Gasteiger partial charge in [-0.2, -0.15) is 0 Å². The topological polar surface area (TPSA) is 32.3 Å². The van der Waals surface area contributed by atoms with Crippen molar-refractivity contribution in [2.45, 2.75) is 43.6 Å². The monoisotopic (exact) mass is 340 g/mol. The summed E-state index contributed by atoms with van der Waals surface area (Å²) >= 11 is 12.1. The molecule has 1 atom stereocenters. The third kappa shape index (κ3) is 3.27. The van der Waals surface area contributed by atoms with Gasteiger partial charge in [0.05, 0.1) is 5.41 Å². The number of nitrogens with one attached hydrogen (secondary N) is 1. The number of nitrogens with zero attached hydrogens (tertiary/aromatic N) is 1. The van der Waals surface area contributed by atoms with Gasteiger partial charge in [-0.15, -0.1) is 23.2 Å². The van der Waals surface area contributed by atoms with E-state index in [4.69, 9.17) is 23.2 Å². The molecule has 5 heteroatoms. The molecular weight excluding hydrogens is 319 g/mol. The van der Waals surface area contributed by atoms with Gasteiger partial charge >= 0.3 is 0 Å². The SMILES string of the molecule is C[C@@]1(C(=O)NCc2cccc(CN3CCCC3)c2)CC1(Cl)Cl. The molecule has 0 aromatic heterocycles. The summed E-state index contributed by atoms with van der Waals surface area (Å²) in [7, 11) is 0. The number of rotatable bonds is 5. The molecule has 1 amide bonds. The first kappa shape index (κ1) is 16.1. The van der Waals surface area contributed by atoms with Crippen LogP contribution in [0, 0.1) is 5.41 Å². The molecule has 1 aliphatic heterocycles. The summed E-state index contributed by atoms with van der Waals surface area (Å²) in [5, 5.41) is 2.96. The minimum Gasteiger partial charge on any atom is -0.351 e. The summed E-state index contributed by atoms with van der Waals surface area (Å²) in [6, 6.07) is 8.41. The van der Waals surface area contributed by atoms with Gasteiger partial charge in [0, 0.05) is 13.1 Å². The predicted molar refractivity (Wildman–Crippen MR) is 90.0 cm³/mol. The highest BCUT2D eigenvalue weighted by Gasteiger charge is 2.67. The van der Waals surface area contributed by atoms with E-state index in [2.05, 4.69) is 28.4 Å². The fourth-order valence-corrected chi connectivity index (χ4v) is 3.77. The van der Waals surface area contributed by atoms with Crippen LogP contribution in [0.15, 0.2) is 24.3 Å². The maximum absolute atomic E-state index is 12.2. The quantitative estimate of drug-likeness (QED) is 0.832. The Kier molecular flexibility index (Phi) is 4.41. The van der Waals surface area contributed by atoms with Crippen molar-refractivity contribution in [2.75, 3.05) is 13.1 Å². The van der Waals surface area contributed by atoms with Crippen molar-refractivity contribution < 1.29 is 4.79 Å². The van der Waals surface area contributed by atoms with Crippen molar-refractivity contribution in [3.63, 3.8) is 0 Å². The van der Waals surface area contributed by atoms with Crippen LogP contribution >= 0.6 is 23.2 Å². The molecule has 1 saturated heterocycles. The van der Waals surface area contributed by atoms with Crippen LogP contribution in [0.2, 0.25) is 0 Å². The van der Waals surface area contributed by atoms with E-state index >= 15 is 0 Å². The molecule has 1 N–H and O–H groups in total. The van der Waals surface area contributed by atoms with E-state index in [-0.39, 0.29) is 5.91 Å². The number of alkyl halides is 2. The Balaban J connectivity index is 1.55. The highest BCUT2D eigenvalue weighted by atomic mass is 35.5. The molecule has 120 valence electrons. The van der Waals surface area contributed by atoms with Gasteiger partial charge in [0.2, 0.25) is 5.91 Å². The molecule has 0 radical (unpaired) electrons. The molecule has 1 aromatic rings. The van der Waals surface area contributed by atoms with Gasteiger partial charge in [-0.25, -0.2) is 0 Å². The van der Waals surface area contributed by atoms with E-state index in [1.54, 1.807) is 0 Å². The van der Waals surface area contributed by atoms with Gasteiger partial charge in [-0.3, -0.25) is 9.69 Å². The number of halogens is 2. The van der Waals surface area contributed by atoms with Crippen molar-refractivity contribution in [1.29, 1.82) is 0 Å².